The maximum Gasteiger partial charge on any atom is 0.269 e. The number of thioether (sulfide) groups is 1. The van der Waals surface area contributed by atoms with Crippen LogP contribution in [-0.4, -0.2) is 31.0 Å². The molecule has 0 radical (unpaired) electrons. The molecule has 10 heteroatoms. The van der Waals surface area contributed by atoms with Gasteiger partial charge in [-0.2, -0.15) is 0 Å². The first kappa shape index (κ1) is 25.4. The Balaban J connectivity index is 1.75. The molecule has 0 bridgehead atoms. The van der Waals surface area contributed by atoms with E-state index in [1.54, 1.807) is 19.1 Å². The Bertz CT molecular complexity index is 1310. The van der Waals surface area contributed by atoms with Crippen molar-refractivity contribution in [1.29, 1.82) is 0 Å². The molecule has 0 unspecified atom stereocenters. The molecule has 0 aliphatic heterocycles. The number of nitro groups is 1. The topological polar surface area (TPSA) is 103 Å². The first-order valence-corrected chi connectivity index (χ1v) is 12.7. The lowest BCUT2D eigenvalue weighted by molar-refractivity contribution is -0.384. The lowest BCUT2D eigenvalue weighted by atomic mass is 10.0. The number of benzene rings is 3. The number of aromatic nitrogens is 3. The van der Waals surface area contributed by atoms with Crippen LogP contribution in [0.15, 0.2) is 90.1 Å². The summed E-state index contributed by atoms with van der Waals surface area (Å²) in [4.78, 5) is 23.4. The molecule has 0 saturated carbocycles. The van der Waals surface area contributed by atoms with E-state index >= 15 is 0 Å². The number of nitrogens with zero attached hydrogens (tertiary/aromatic N) is 4. The van der Waals surface area contributed by atoms with E-state index in [0.29, 0.717) is 28.8 Å². The maximum atomic E-state index is 12.6. The van der Waals surface area contributed by atoms with Crippen LogP contribution >= 0.6 is 23.4 Å². The highest BCUT2D eigenvalue weighted by Gasteiger charge is 2.26. The molecule has 1 heterocycles. The van der Waals surface area contributed by atoms with Crippen LogP contribution in [0.4, 0.5) is 5.69 Å². The fourth-order valence-electron chi connectivity index (χ4n) is 3.63. The zero-order valence-corrected chi connectivity index (χ0v) is 21.0. The fraction of sp³-hybridized carbons (Fsp3) is 0.192. The van der Waals surface area contributed by atoms with Gasteiger partial charge in [-0.05, 0) is 36.6 Å². The first-order valence-electron chi connectivity index (χ1n) is 11.3. The summed E-state index contributed by atoms with van der Waals surface area (Å²) in [6, 6.07) is 25.4. The zero-order chi connectivity index (χ0) is 25.5. The third kappa shape index (κ3) is 6.30. The van der Waals surface area contributed by atoms with E-state index in [1.165, 1.54) is 23.9 Å². The number of carbonyl (C=O) groups is 1. The van der Waals surface area contributed by atoms with Crippen molar-refractivity contribution in [3.63, 3.8) is 0 Å². The summed E-state index contributed by atoms with van der Waals surface area (Å²) in [5.41, 5.74) is 2.76. The summed E-state index contributed by atoms with van der Waals surface area (Å²) in [6.07, 6.45) is 0.463. The van der Waals surface area contributed by atoms with Gasteiger partial charge in [0.2, 0.25) is 5.91 Å². The quantitative estimate of drug-likeness (QED) is 0.128. The van der Waals surface area contributed by atoms with Gasteiger partial charge in [-0.25, -0.2) is 0 Å². The van der Waals surface area contributed by atoms with E-state index in [9.17, 15) is 14.9 Å². The Morgan fingerprint density at radius 2 is 1.61 bits per heavy atom. The molecule has 0 saturated heterocycles. The van der Waals surface area contributed by atoms with E-state index in [-0.39, 0.29) is 11.6 Å². The van der Waals surface area contributed by atoms with Crippen molar-refractivity contribution in [2.24, 2.45) is 0 Å². The molecule has 184 valence electrons. The predicted octanol–water partition coefficient (Wildman–Crippen LogP) is 5.50. The van der Waals surface area contributed by atoms with Gasteiger partial charge in [-0.15, -0.1) is 21.8 Å². The number of hydrogen-bond donors (Lipinski definition) is 1. The molecular weight excluding hydrogens is 498 g/mol. The van der Waals surface area contributed by atoms with E-state index in [0.717, 1.165) is 11.1 Å². The Morgan fingerprint density at radius 1 is 1.00 bits per heavy atom. The summed E-state index contributed by atoms with van der Waals surface area (Å²) in [6.45, 7) is 1.61. The number of amides is 1. The fourth-order valence-corrected chi connectivity index (χ4v) is 4.61. The minimum absolute atomic E-state index is 0.0167. The number of hydrogen-bond acceptors (Lipinski definition) is 6. The Kier molecular flexibility index (Phi) is 8.35. The second-order valence-electron chi connectivity index (χ2n) is 8.09. The summed E-state index contributed by atoms with van der Waals surface area (Å²) >= 11 is 7.56. The number of alkyl halides is 1. The van der Waals surface area contributed by atoms with Gasteiger partial charge in [-0.3, -0.25) is 19.5 Å². The number of carbonyl (C=O) groups excluding carboxylic acids is 1. The molecule has 0 aliphatic carbocycles. The molecule has 4 rings (SSSR count). The van der Waals surface area contributed by atoms with Crippen molar-refractivity contribution in [2.45, 2.75) is 35.7 Å². The third-order valence-corrected chi connectivity index (χ3v) is 6.66. The monoisotopic (exact) mass is 521 g/mol. The normalized spacial score (nSPS) is 12.6. The average Bonchev–Trinajstić information content (AvgIpc) is 3.32. The summed E-state index contributed by atoms with van der Waals surface area (Å²) in [5.74, 6) is 0.837. The van der Waals surface area contributed by atoms with Crippen molar-refractivity contribution in [3.8, 4) is 5.69 Å². The highest BCUT2D eigenvalue weighted by Crippen LogP contribution is 2.30. The number of non-ortho nitro benzene ring substituents is 1. The third-order valence-electron chi connectivity index (χ3n) is 5.46. The summed E-state index contributed by atoms with van der Waals surface area (Å²) in [7, 11) is 0. The first-order chi connectivity index (χ1) is 17.4. The molecule has 2 atom stereocenters. The molecule has 1 N–H and O–H groups in total. The van der Waals surface area contributed by atoms with Gasteiger partial charge in [-0.1, -0.05) is 72.4 Å². The molecule has 0 spiro atoms. The largest absolute Gasteiger partial charge is 0.344 e. The maximum absolute atomic E-state index is 12.6. The van der Waals surface area contributed by atoms with Crippen LogP contribution < -0.4 is 5.32 Å². The standard InChI is InChI=1S/C26H24ClN5O3S/c1-18(27)25(33)28-23(16-19-8-4-2-5-9-19)24-29-30-26(36-17-20-10-6-3-7-11-20)31(24)21-12-14-22(15-13-21)32(34)35/h2-15,18,23H,16-17H2,1H3,(H,28,33)/t18-,23+/m1/s1. The van der Waals surface area contributed by atoms with Crippen molar-refractivity contribution in [1.82, 2.24) is 20.1 Å². The van der Waals surface area contributed by atoms with Crippen LogP contribution in [0.25, 0.3) is 5.69 Å². The van der Waals surface area contributed by atoms with Crippen LogP contribution in [0.3, 0.4) is 0 Å². The van der Waals surface area contributed by atoms with Gasteiger partial charge < -0.3 is 5.32 Å². The molecule has 0 fully saturated rings. The van der Waals surface area contributed by atoms with E-state index < -0.39 is 16.3 Å². The van der Waals surface area contributed by atoms with Crippen LogP contribution in [0.2, 0.25) is 0 Å². The smallest absolute Gasteiger partial charge is 0.269 e. The molecule has 1 aromatic heterocycles. The minimum atomic E-state index is -0.731. The highest BCUT2D eigenvalue weighted by molar-refractivity contribution is 7.98. The van der Waals surface area contributed by atoms with Crippen LogP contribution in [-0.2, 0) is 17.0 Å². The van der Waals surface area contributed by atoms with E-state index in [1.807, 2.05) is 65.2 Å². The zero-order valence-electron chi connectivity index (χ0n) is 19.5. The SMILES string of the molecule is C[C@@H](Cl)C(=O)N[C@@H](Cc1ccccc1)c1nnc(SCc2ccccc2)n1-c1ccc([N+](=O)[O-])cc1. The van der Waals surface area contributed by atoms with Gasteiger partial charge in [0.25, 0.3) is 5.69 Å². The van der Waals surface area contributed by atoms with Crippen LogP contribution in [0.1, 0.15) is 29.9 Å². The molecular formula is C26H24ClN5O3S. The van der Waals surface area contributed by atoms with Gasteiger partial charge in [0.05, 0.1) is 11.0 Å². The van der Waals surface area contributed by atoms with Crippen molar-refractivity contribution >= 4 is 35.0 Å². The summed E-state index contributed by atoms with van der Waals surface area (Å²) < 4.78 is 1.84. The van der Waals surface area contributed by atoms with Gasteiger partial charge in [0, 0.05) is 23.6 Å². The molecule has 3 aromatic carbocycles. The molecule has 8 nitrogen and oxygen atoms in total. The lowest BCUT2D eigenvalue weighted by Crippen LogP contribution is -2.35. The highest BCUT2D eigenvalue weighted by atomic mass is 35.5. The predicted molar refractivity (Wildman–Crippen MR) is 140 cm³/mol. The van der Waals surface area contributed by atoms with E-state index in [4.69, 9.17) is 11.6 Å². The average molecular weight is 522 g/mol. The van der Waals surface area contributed by atoms with Gasteiger partial charge >= 0.3 is 0 Å². The Morgan fingerprint density at radius 3 is 2.19 bits per heavy atom. The molecule has 1 amide bonds. The van der Waals surface area contributed by atoms with Gasteiger partial charge in [0.1, 0.15) is 5.38 Å². The second-order valence-corrected chi connectivity index (χ2v) is 9.69. The number of halogens is 1. The van der Waals surface area contributed by atoms with Crippen molar-refractivity contribution < 1.29 is 9.72 Å². The minimum Gasteiger partial charge on any atom is -0.344 e. The second kappa shape index (κ2) is 11.8. The Hall–Kier alpha value is -3.69. The number of nitro benzene ring substituents is 1. The molecule has 0 aliphatic rings. The van der Waals surface area contributed by atoms with Crippen LogP contribution in [0, 0.1) is 10.1 Å². The Labute approximate surface area is 217 Å². The number of nitrogens with one attached hydrogen (secondary N) is 1. The van der Waals surface area contributed by atoms with Crippen molar-refractivity contribution in [2.75, 3.05) is 0 Å². The summed E-state index contributed by atoms with van der Waals surface area (Å²) in [5, 5.41) is 23.0. The lowest BCUT2D eigenvalue weighted by Gasteiger charge is -2.21. The molecule has 36 heavy (non-hydrogen) atoms. The van der Waals surface area contributed by atoms with Crippen LogP contribution in [0.5, 0.6) is 0 Å². The molecule has 4 aromatic rings. The van der Waals surface area contributed by atoms with Gasteiger partial charge in [0.15, 0.2) is 11.0 Å². The number of rotatable bonds is 10. The van der Waals surface area contributed by atoms with E-state index in [2.05, 4.69) is 15.5 Å². The van der Waals surface area contributed by atoms with Crippen molar-refractivity contribution in [3.05, 3.63) is 112 Å².